The van der Waals surface area contributed by atoms with E-state index < -0.39 is 5.41 Å². The fourth-order valence-corrected chi connectivity index (χ4v) is 8.39. The van der Waals surface area contributed by atoms with Crippen LogP contribution in [0.25, 0.3) is 43.9 Å². The summed E-state index contributed by atoms with van der Waals surface area (Å²) in [7, 11) is 0. The SMILES string of the molecule is c1ccc(N(c2ccc3c(c2)C(c2ccccc2)(c2ccccc2)c2ccccc2-3)c2ccc3ccc(-c4ccc5cccnc5c4)cc3c2)cc1. The molecular formula is C50H34N2. The Hall–Kier alpha value is -6.77. The fourth-order valence-electron chi connectivity index (χ4n) is 8.39. The number of aromatic nitrogens is 1. The van der Waals surface area contributed by atoms with Crippen molar-refractivity contribution in [3.63, 3.8) is 0 Å². The van der Waals surface area contributed by atoms with Crippen molar-refractivity contribution < 1.29 is 0 Å². The van der Waals surface area contributed by atoms with Crippen LogP contribution in [0.1, 0.15) is 22.3 Å². The van der Waals surface area contributed by atoms with Crippen LogP contribution in [-0.2, 0) is 5.41 Å². The zero-order valence-corrected chi connectivity index (χ0v) is 28.5. The molecule has 0 amide bonds. The number of hydrogen-bond donors (Lipinski definition) is 0. The minimum Gasteiger partial charge on any atom is -0.310 e. The lowest BCUT2D eigenvalue weighted by molar-refractivity contribution is 0.768. The molecule has 8 aromatic carbocycles. The van der Waals surface area contributed by atoms with Crippen molar-refractivity contribution in [3.8, 4) is 22.3 Å². The molecule has 0 saturated carbocycles. The van der Waals surface area contributed by atoms with Crippen LogP contribution in [0.2, 0.25) is 0 Å². The zero-order chi connectivity index (χ0) is 34.5. The number of hydrogen-bond acceptors (Lipinski definition) is 2. The molecule has 1 aliphatic rings. The monoisotopic (exact) mass is 662 g/mol. The molecule has 0 atom stereocenters. The smallest absolute Gasteiger partial charge is 0.0714 e. The lowest BCUT2D eigenvalue weighted by Gasteiger charge is -2.35. The fraction of sp³-hybridized carbons (Fsp3) is 0.0200. The van der Waals surface area contributed by atoms with Crippen molar-refractivity contribution >= 4 is 38.7 Å². The van der Waals surface area contributed by atoms with E-state index in [1.807, 2.05) is 12.3 Å². The summed E-state index contributed by atoms with van der Waals surface area (Å²) in [6.07, 6.45) is 1.86. The van der Waals surface area contributed by atoms with Gasteiger partial charge in [-0.15, -0.1) is 0 Å². The summed E-state index contributed by atoms with van der Waals surface area (Å²) >= 11 is 0. The van der Waals surface area contributed by atoms with Gasteiger partial charge in [-0.1, -0.05) is 146 Å². The van der Waals surface area contributed by atoms with E-state index in [0.717, 1.165) is 33.5 Å². The Kier molecular flexibility index (Phi) is 7.07. The van der Waals surface area contributed by atoms with E-state index in [-0.39, 0.29) is 0 Å². The molecule has 9 aromatic rings. The van der Waals surface area contributed by atoms with Gasteiger partial charge in [-0.3, -0.25) is 4.98 Å². The van der Waals surface area contributed by atoms with Crippen LogP contribution in [0.15, 0.2) is 206 Å². The maximum Gasteiger partial charge on any atom is 0.0714 e. The first-order valence-electron chi connectivity index (χ1n) is 17.9. The number of para-hydroxylation sites is 1. The maximum atomic E-state index is 4.61. The number of fused-ring (bicyclic) bond motifs is 5. The van der Waals surface area contributed by atoms with Crippen molar-refractivity contribution in [2.24, 2.45) is 0 Å². The molecule has 10 rings (SSSR count). The molecule has 52 heavy (non-hydrogen) atoms. The van der Waals surface area contributed by atoms with Gasteiger partial charge in [0.1, 0.15) is 0 Å². The van der Waals surface area contributed by atoms with Crippen LogP contribution in [0.4, 0.5) is 17.1 Å². The second-order valence-corrected chi connectivity index (χ2v) is 13.6. The van der Waals surface area contributed by atoms with Crippen LogP contribution >= 0.6 is 0 Å². The molecule has 1 heterocycles. The highest BCUT2D eigenvalue weighted by Gasteiger charge is 2.46. The second-order valence-electron chi connectivity index (χ2n) is 13.6. The van der Waals surface area contributed by atoms with Gasteiger partial charge in [-0.2, -0.15) is 0 Å². The van der Waals surface area contributed by atoms with E-state index in [2.05, 4.69) is 204 Å². The largest absolute Gasteiger partial charge is 0.310 e. The van der Waals surface area contributed by atoms with Gasteiger partial charge >= 0.3 is 0 Å². The molecule has 1 aromatic heterocycles. The van der Waals surface area contributed by atoms with E-state index in [0.29, 0.717) is 0 Å². The molecule has 0 spiro atoms. The van der Waals surface area contributed by atoms with Crippen LogP contribution in [0.3, 0.4) is 0 Å². The predicted octanol–water partition coefficient (Wildman–Crippen LogP) is 12.9. The van der Waals surface area contributed by atoms with Gasteiger partial charge in [0.15, 0.2) is 0 Å². The lowest BCUT2D eigenvalue weighted by Crippen LogP contribution is -2.28. The Bertz CT molecular complexity index is 2700. The Morgan fingerprint density at radius 3 is 1.73 bits per heavy atom. The average molecular weight is 663 g/mol. The summed E-state index contributed by atoms with van der Waals surface area (Å²) in [5, 5.41) is 3.54. The van der Waals surface area contributed by atoms with Gasteiger partial charge in [0.25, 0.3) is 0 Å². The molecular weight excluding hydrogens is 629 g/mol. The van der Waals surface area contributed by atoms with Crippen molar-refractivity contribution in [2.75, 3.05) is 4.90 Å². The predicted molar refractivity (Wildman–Crippen MR) is 217 cm³/mol. The average Bonchev–Trinajstić information content (AvgIpc) is 3.52. The topological polar surface area (TPSA) is 16.1 Å². The van der Waals surface area contributed by atoms with Crippen molar-refractivity contribution in [1.82, 2.24) is 4.98 Å². The molecule has 0 bridgehead atoms. The second kappa shape index (κ2) is 12.2. The number of rotatable bonds is 6. The van der Waals surface area contributed by atoms with Gasteiger partial charge in [0.2, 0.25) is 0 Å². The third-order valence-electron chi connectivity index (χ3n) is 10.7. The molecule has 1 aliphatic carbocycles. The summed E-state index contributed by atoms with van der Waals surface area (Å²) in [5.41, 5.74) is 13.9. The molecule has 0 unspecified atom stereocenters. The quantitative estimate of drug-likeness (QED) is 0.176. The first-order valence-corrected chi connectivity index (χ1v) is 17.9. The van der Waals surface area contributed by atoms with E-state index in [4.69, 9.17) is 0 Å². The number of pyridine rings is 1. The van der Waals surface area contributed by atoms with Crippen molar-refractivity contribution in [3.05, 3.63) is 229 Å². The Morgan fingerprint density at radius 2 is 0.962 bits per heavy atom. The summed E-state index contributed by atoms with van der Waals surface area (Å²) in [6, 6.07) is 73.0. The molecule has 2 heteroatoms. The lowest BCUT2D eigenvalue weighted by atomic mass is 9.67. The minimum atomic E-state index is -0.472. The van der Waals surface area contributed by atoms with Crippen LogP contribution in [0.5, 0.6) is 0 Å². The summed E-state index contributed by atoms with van der Waals surface area (Å²) in [5.74, 6) is 0. The third-order valence-corrected chi connectivity index (χ3v) is 10.7. The summed E-state index contributed by atoms with van der Waals surface area (Å²) < 4.78 is 0. The standard InChI is InChI=1S/C50H34N2/c1-4-14-40(15-5-1)50(41-16-6-2-7-17-41)47-21-11-10-20-45(47)46-29-28-44(34-48(46)50)52(42-18-8-3-9-19-42)43-27-26-35-22-24-37(31-39(35)32-43)38-25-23-36-13-12-30-51-49(36)33-38/h1-34H. The van der Waals surface area contributed by atoms with Crippen LogP contribution < -0.4 is 4.90 Å². The number of nitrogens with zero attached hydrogens (tertiary/aromatic N) is 2. The van der Waals surface area contributed by atoms with Crippen LogP contribution in [-0.4, -0.2) is 4.98 Å². The Morgan fingerprint density at radius 1 is 0.365 bits per heavy atom. The molecule has 0 fully saturated rings. The number of anilines is 3. The van der Waals surface area contributed by atoms with Crippen molar-refractivity contribution in [2.45, 2.75) is 5.41 Å². The minimum absolute atomic E-state index is 0.472. The molecule has 2 nitrogen and oxygen atoms in total. The van der Waals surface area contributed by atoms with Gasteiger partial charge in [-0.05, 0) is 110 Å². The zero-order valence-electron chi connectivity index (χ0n) is 28.5. The highest BCUT2D eigenvalue weighted by Crippen LogP contribution is 2.57. The highest BCUT2D eigenvalue weighted by atomic mass is 15.1. The first kappa shape index (κ1) is 30.1. The summed E-state index contributed by atoms with van der Waals surface area (Å²) in [4.78, 5) is 7.01. The molecule has 0 aliphatic heterocycles. The molecule has 0 N–H and O–H groups in total. The third kappa shape index (κ3) is 4.76. The Balaban J connectivity index is 1.17. The maximum absolute atomic E-state index is 4.61. The van der Waals surface area contributed by atoms with Gasteiger partial charge in [0, 0.05) is 28.6 Å². The van der Waals surface area contributed by atoms with E-state index >= 15 is 0 Å². The molecule has 0 radical (unpaired) electrons. The van der Waals surface area contributed by atoms with Crippen molar-refractivity contribution in [1.29, 1.82) is 0 Å². The van der Waals surface area contributed by atoms with E-state index in [1.165, 1.54) is 49.7 Å². The Labute approximate surface area is 303 Å². The normalized spacial score (nSPS) is 12.8. The highest BCUT2D eigenvalue weighted by molar-refractivity contribution is 5.94. The van der Waals surface area contributed by atoms with Crippen LogP contribution in [0, 0.1) is 0 Å². The summed E-state index contributed by atoms with van der Waals surface area (Å²) in [6.45, 7) is 0. The van der Waals surface area contributed by atoms with Gasteiger partial charge < -0.3 is 4.90 Å². The molecule has 244 valence electrons. The number of benzene rings is 8. The molecule has 0 saturated heterocycles. The van der Waals surface area contributed by atoms with Gasteiger partial charge in [-0.25, -0.2) is 0 Å². The van der Waals surface area contributed by atoms with E-state index in [9.17, 15) is 0 Å². The first-order chi connectivity index (χ1) is 25.8. The van der Waals surface area contributed by atoms with Gasteiger partial charge in [0.05, 0.1) is 10.9 Å². The van der Waals surface area contributed by atoms with E-state index in [1.54, 1.807) is 0 Å².